The Hall–Kier alpha value is -0.180. The Kier molecular flexibility index (Phi) is 5.49. The van der Waals surface area contributed by atoms with E-state index in [1.807, 2.05) is 0 Å². The van der Waals surface area contributed by atoms with E-state index in [0.717, 1.165) is 17.9 Å². The van der Waals surface area contributed by atoms with Crippen molar-refractivity contribution >= 4 is 17.7 Å². The minimum absolute atomic E-state index is 0.198. The first-order chi connectivity index (χ1) is 4.68. The molecule has 2 nitrogen and oxygen atoms in total. The highest BCUT2D eigenvalue weighted by molar-refractivity contribution is 7.99. The smallest absolute Gasteiger partial charge is 0.307 e. The lowest BCUT2D eigenvalue weighted by molar-refractivity contribution is -0.140. The highest BCUT2D eigenvalue weighted by Crippen LogP contribution is 2.08. The van der Waals surface area contributed by atoms with Gasteiger partial charge >= 0.3 is 5.97 Å². The molecule has 0 aromatic carbocycles. The van der Waals surface area contributed by atoms with Crippen LogP contribution in [0.2, 0.25) is 0 Å². The van der Waals surface area contributed by atoms with Gasteiger partial charge in [-0.05, 0) is 12.2 Å². The Morgan fingerprint density at radius 3 is 2.70 bits per heavy atom. The maximum Gasteiger partial charge on any atom is 0.307 e. The van der Waals surface area contributed by atoms with Crippen molar-refractivity contribution in [3.8, 4) is 0 Å². The molecule has 0 aliphatic carbocycles. The lowest BCUT2D eigenvalue weighted by Gasteiger charge is -2.03. The van der Waals surface area contributed by atoms with Gasteiger partial charge in [0.1, 0.15) is 0 Å². The van der Waals surface area contributed by atoms with Crippen molar-refractivity contribution in [2.45, 2.75) is 20.3 Å². The molecule has 0 aliphatic rings. The van der Waals surface area contributed by atoms with Gasteiger partial charge in [0.15, 0.2) is 0 Å². The summed E-state index contributed by atoms with van der Waals surface area (Å²) in [4.78, 5) is 10.3. The third-order valence-electron chi connectivity index (χ3n) is 1.14. The van der Waals surface area contributed by atoms with Crippen molar-refractivity contribution in [1.82, 2.24) is 0 Å². The van der Waals surface area contributed by atoms with Crippen LogP contribution in [0.5, 0.6) is 0 Å². The zero-order valence-electron chi connectivity index (χ0n) is 6.46. The molecule has 0 spiro atoms. The van der Waals surface area contributed by atoms with Gasteiger partial charge < -0.3 is 5.11 Å². The molecule has 1 unspecified atom stereocenters. The molecule has 1 N–H and O–H groups in total. The Labute approximate surface area is 66.0 Å². The second-order valence-corrected chi connectivity index (χ2v) is 3.46. The van der Waals surface area contributed by atoms with Crippen molar-refractivity contribution in [1.29, 1.82) is 0 Å². The van der Waals surface area contributed by atoms with Crippen LogP contribution < -0.4 is 0 Å². The number of hydrogen-bond acceptors (Lipinski definition) is 2. The van der Waals surface area contributed by atoms with E-state index >= 15 is 0 Å². The first kappa shape index (κ1) is 9.82. The second-order valence-electron chi connectivity index (χ2n) is 2.31. The summed E-state index contributed by atoms with van der Waals surface area (Å²) in [6.07, 6.45) is 1.12. The van der Waals surface area contributed by atoms with Crippen LogP contribution in [0.4, 0.5) is 0 Å². The highest BCUT2D eigenvalue weighted by atomic mass is 32.2. The summed E-state index contributed by atoms with van der Waals surface area (Å²) >= 11 is 1.71. The van der Waals surface area contributed by atoms with Crippen molar-refractivity contribution in [2.24, 2.45) is 5.92 Å². The minimum Gasteiger partial charge on any atom is -0.481 e. The van der Waals surface area contributed by atoms with E-state index in [0.29, 0.717) is 0 Å². The predicted molar refractivity (Wildman–Crippen MR) is 44.4 cm³/mol. The van der Waals surface area contributed by atoms with Crippen LogP contribution in [0.1, 0.15) is 20.3 Å². The van der Waals surface area contributed by atoms with E-state index < -0.39 is 5.97 Å². The Morgan fingerprint density at radius 1 is 1.70 bits per heavy atom. The summed E-state index contributed by atoms with van der Waals surface area (Å²) in [5, 5.41) is 8.47. The standard InChI is InChI=1S/C7H14O2S/c1-3-4-10-5-6(2)7(8)9/h6H,3-5H2,1-2H3,(H,8,9). The first-order valence-corrected chi connectivity index (χ1v) is 4.64. The third-order valence-corrected chi connectivity index (χ3v) is 2.57. The SMILES string of the molecule is CCCSCC(C)C(=O)O. The molecule has 0 amide bonds. The topological polar surface area (TPSA) is 37.3 Å². The van der Waals surface area contributed by atoms with Gasteiger partial charge in [-0.2, -0.15) is 11.8 Å². The van der Waals surface area contributed by atoms with E-state index in [2.05, 4.69) is 6.92 Å². The van der Waals surface area contributed by atoms with E-state index in [9.17, 15) is 4.79 Å². The van der Waals surface area contributed by atoms with Crippen molar-refractivity contribution in [3.63, 3.8) is 0 Å². The van der Waals surface area contributed by atoms with Crippen LogP contribution >= 0.6 is 11.8 Å². The van der Waals surface area contributed by atoms with Gasteiger partial charge in [-0.25, -0.2) is 0 Å². The number of thioether (sulfide) groups is 1. The molecule has 0 rings (SSSR count). The van der Waals surface area contributed by atoms with Gasteiger partial charge in [-0.1, -0.05) is 13.8 Å². The van der Waals surface area contributed by atoms with Crippen LogP contribution in [-0.2, 0) is 4.79 Å². The molecule has 0 heterocycles. The number of aliphatic carboxylic acids is 1. The fraction of sp³-hybridized carbons (Fsp3) is 0.857. The lowest BCUT2D eigenvalue weighted by atomic mass is 10.2. The zero-order valence-corrected chi connectivity index (χ0v) is 7.28. The Bertz CT molecular complexity index is 104. The van der Waals surface area contributed by atoms with Crippen LogP contribution in [0.3, 0.4) is 0 Å². The van der Waals surface area contributed by atoms with Crippen LogP contribution in [-0.4, -0.2) is 22.6 Å². The molecule has 0 aromatic heterocycles. The fourth-order valence-corrected chi connectivity index (χ4v) is 1.43. The van der Waals surface area contributed by atoms with E-state index in [1.165, 1.54) is 0 Å². The maximum absolute atomic E-state index is 10.3. The molecule has 0 saturated heterocycles. The molecule has 60 valence electrons. The molecule has 0 radical (unpaired) electrons. The van der Waals surface area contributed by atoms with E-state index in [1.54, 1.807) is 18.7 Å². The lowest BCUT2D eigenvalue weighted by Crippen LogP contribution is -2.11. The monoisotopic (exact) mass is 162 g/mol. The average molecular weight is 162 g/mol. The molecule has 1 atom stereocenters. The maximum atomic E-state index is 10.3. The first-order valence-electron chi connectivity index (χ1n) is 3.49. The summed E-state index contributed by atoms with van der Waals surface area (Å²) in [7, 11) is 0. The van der Waals surface area contributed by atoms with Crippen molar-refractivity contribution in [2.75, 3.05) is 11.5 Å². The summed E-state index contributed by atoms with van der Waals surface area (Å²) in [5.41, 5.74) is 0. The molecule has 0 fully saturated rings. The number of hydrogen-bond donors (Lipinski definition) is 1. The number of carboxylic acids is 1. The van der Waals surface area contributed by atoms with Crippen molar-refractivity contribution < 1.29 is 9.90 Å². The van der Waals surface area contributed by atoms with Gasteiger partial charge in [0.25, 0.3) is 0 Å². The summed E-state index contributed by atoms with van der Waals surface area (Å²) in [5.74, 6) is 0.918. The summed E-state index contributed by atoms with van der Waals surface area (Å²) in [6, 6.07) is 0. The molecular formula is C7H14O2S. The van der Waals surface area contributed by atoms with Gasteiger partial charge in [0, 0.05) is 5.75 Å². The van der Waals surface area contributed by atoms with Gasteiger partial charge in [0.05, 0.1) is 5.92 Å². The van der Waals surface area contributed by atoms with Gasteiger partial charge in [0.2, 0.25) is 0 Å². The molecule has 10 heavy (non-hydrogen) atoms. The Balaban J connectivity index is 3.21. The van der Waals surface area contributed by atoms with E-state index in [-0.39, 0.29) is 5.92 Å². The largest absolute Gasteiger partial charge is 0.481 e. The number of rotatable bonds is 5. The number of carboxylic acid groups (broad SMARTS) is 1. The van der Waals surface area contributed by atoms with Crippen LogP contribution in [0.25, 0.3) is 0 Å². The van der Waals surface area contributed by atoms with E-state index in [4.69, 9.17) is 5.11 Å². The van der Waals surface area contributed by atoms with Gasteiger partial charge in [-0.3, -0.25) is 4.79 Å². The van der Waals surface area contributed by atoms with Crippen LogP contribution in [0, 0.1) is 5.92 Å². The molecule has 0 aromatic rings. The Morgan fingerprint density at radius 2 is 2.30 bits per heavy atom. The fourth-order valence-electron chi connectivity index (χ4n) is 0.476. The molecule has 0 bridgehead atoms. The molecular weight excluding hydrogens is 148 g/mol. The molecule has 0 aliphatic heterocycles. The zero-order chi connectivity index (χ0) is 7.98. The molecule has 0 saturated carbocycles. The quantitative estimate of drug-likeness (QED) is 0.627. The molecule has 3 heteroatoms. The highest BCUT2D eigenvalue weighted by Gasteiger charge is 2.09. The summed E-state index contributed by atoms with van der Waals surface area (Å²) in [6.45, 7) is 3.84. The predicted octanol–water partition coefficient (Wildman–Crippen LogP) is 1.85. The minimum atomic E-state index is -0.691. The summed E-state index contributed by atoms with van der Waals surface area (Å²) < 4.78 is 0. The van der Waals surface area contributed by atoms with Gasteiger partial charge in [-0.15, -0.1) is 0 Å². The van der Waals surface area contributed by atoms with Crippen molar-refractivity contribution in [3.05, 3.63) is 0 Å². The third kappa shape index (κ3) is 4.68. The average Bonchev–Trinajstić information content (AvgIpc) is 1.88. The van der Waals surface area contributed by atoms with Crippen LogP contribution in [0.15, 0.2) is 0 Å². The second kappa shape index (κ2) is 5.59. The normalized spacial score (nSPS) is 13.0. The number of carbonyl (C=O) groups is 1.